The summed E-state index contributed by atoms with van der Waals surface area (Å²) in [7, 11) is 3.43. The van der Waals surface area contributed by atoms with Gasteiger partial charge in [-0.25, -0.2) is 0 Å². The van der Waals surface area contributed by atoms with E-state index in [-0.39, 0.29) is 19.5 Å². The van der Waals surface area contributed by atoms with Gasteiger partial charge in [-0.05, 0) is 103 Å². The van der Waals surface area contributed by atoms with Crippen LogP contribution in [-0.2, 0) is 19.5 Å². The fourth-order valence-corrected chi connectivity index (χ4v) is 10.3. The summed E-state index contributed by atoms with van der Waals surface area (Å²) in [6, 6.07) is 43.9. The summed E-state index contributed by atoms with van der Waals surface area (Å²) >= 11 is 0. The van der Waals surface area contributed by atoms with Crippen molar-refractivity contribution in [1.82, 2.24) is 4.90 Å². The zero-order valence-corrected chi connectivity index (χ0v) is 28.6. The Balaban J connectivity index is 0.000000199. The predicted octanol–water partition coefficient (Wildman–Crippen LogP) is 7.67. The molecule has 2 aliphatic rings. The third kappa shape index (κ3) is 8.95. The summed E-state index contributed by atoms with van der Waals surface area (Å²) in [6.07, 6.45) is 16.7. The standard InChI is InChI=1S/C22H25NP.C17H14P.Ru/c1-4-21(23(2)3)20-16-11-17-22(20)24(18-12-7-5-8-13-18)19-14-9-6-10-15-19;1-3-9-15(10-4-1)18(17-13-7-8-14-17)16-11-5-2-6-12-16;/h5-17,21H,4H2,1-3H3;1-14H;/t21-;;/m1../s1. The van der Waals surface area contributed by atoms with Crippen molar-refractivity contribution in [1.29, 1.82) is 0 Å². The van der Waals surface area contributed by atoms with Gasteiger partial charge < -0.3 is 4.90 Å². The van der Waals surface area contributed by atoms with Crippen molar-refractivity contribution in [2.75, 3.05) is 14.1 Å². The van der Waals surface area contributed by atoms with Gasteiger partial charge in [-0.3, -0.25) is 0 Å². The maximum atomic E-state index is 2.34. The van der Waals surface area contributed by atoms with Crippen LogP contribution in [0.25, 0.3) is 0 Å². The van der Waals surface area contributed by atoms with Crippen molar-refractivity contribution in [2.45, 2.75) is 19.4 Å². The van der Waals surface area contributed by atoms with E-state index in [9.17, 15) is 0 Å². The van der Waals surface area contributed by atoms with Crippen molar-refractivity contribution >= 4 is 37.1 Å². The molecule has 4 aromatic carbocycles. The predicted molar refractivity (Wildman–Crippen MR) is 186 cm³/mol. The first-order chi connectivity index (χ1) is 20.7. The van der Waals surface area contributed by atoms with E-state index in [0.717, 1.165) is 6.42 Å². The molecule has 4 heteroatoms. The Bertz CT molecular complexity index is 1220. The van der Waals surface area contributed by atoms with Crippen molar-refractivity contribution in [3.8, 4) is 0 Å². The van der Waals surface area contributed by atoms with Crippen LogP contribution in [0.4, 0.5) is 0 Å². The summed E-state index contributed by atoms with van der Waals surface area (Å²) in [5, 5.41) is 5.65. The van der Waals surface area contributed by atoms with Gasteiger partial charge in [-0.15, -0.1) is 0 Å². The van der Waals surface area contributed by atoms with Crippen LogP contribution in [0.15, 0.2) is 121 Å². The van der Waals surface area contributed by atoms with Crippen LogP contribution < -0.4 is 21.2 Å². The molecule has 0 heterocycles. The minimum Gasteiger partial charge on any atom is -0.306 e. The normalized spacial score (nSPS) is 16.7. The number of benzene rings is 4. The molecule has 6 rings (SSSR count). The molecule has 2 saturated carbocycles. The van der Waals surface area contributed by atoms with E-state index in [1.807, 2.05) is 0 Å². The van der Waals surface area contributed by atoms with E-state index in [1.165, 1.54) is 38.5 Å². The molecule has 0 unspecified atom stereocenters. The first-order valence-electron chi connectivity index (χ1n) is 14.6. The molecular formula is C39H39NP2Ru. The van der Waals surface area contributed by atoms with Gasteiger partial charge in [0.05, 0.1) is 0 Å². The Morgan fingerprint density at radius 2 is 0.907 bits per heavy atom. The molecule has 0 aliphatic heterocycles. The summed E-state index contributed by atoms with van der Waals surface area (Å²) in [4.78, 5) is 2.34. The van der Waals surface area contributed by atoms with E-state index in [1.54, 1.807) is 0 Å². The van der Waals surface area contributed by atoms with Crippen LogP contribution in [-0.4, -0.2) is 25.0 Å². The molecule has 218 valence electrons. The molecule has 0 amide bonds. The van der Waals surface area contributed by atoms with Gasteiger partial charge in [0.1, 0.15) is 0 Å². The SMILES string of the molecule is CC[C@H]([C]1[CH][CH][CH][C]1P(c1ccccc1)c1ccccc1)N(C)C.[CH]1[CH][CH][C](P(c2ccccc2)c2ccccc2)[CH]1.[Ru]. The van der Waals surface area contributed by atoms with E-state index in [0.29, 0.717) is 6.04 Å². The minimum atomic E-state index is -0.519. The molecule has 0 saturated heterocycles. The van der Waals surface area contributed by atoms with Crippen LogP contribution in [0, 0.1) is 62.2 Å². The first kappa shape index (κ1) is 34.2. The molecule has 0 spiro atoms. The molecule has 0 bridgehead atoms. The zero-order chi connectivity index (χ0) is 29.1. The van der Waals surface area contributed by atoms with Crippen LogP contribution in [0.3, 0.4) is 0 Å². The Labute approximate surface area is 277 Å². The average Bonchev–Trinajstić information content (AvgIpc) is 3.74. The molecule has 4 aromatic rings. The molecule has 1 atom stereocenters. The van der Waals surface area contributed by atoms with Crippen molar-refractivity contribution in [3.63, 3.8) is 0 Å². The Kier molecular flexibility index (Phi) is 14.1. The smallest absolute Gasteiger partial charge is 0.0211 e. The Morgan fingerprint density at radius 3 is 1.28 bits per heavy atom. The van der Waals surface area contributed by atoms with Gasteiger partial charge in [-0.2, -0.15) is 0 Å². The second-order valence-electron chi connectivity index (χ2n) is 10.4. The molecule has 0 aromatic heterocycles. The van der Waals surface area contributed by atoms with Crippen molar-refractivity contribution in [2.24, 2.45) is 0 Å². The summed E-state index contributed by atoms with van der Waals surface area (Å²) in [5.74, 6) is 1.47. The largest absolute Gasteiger partial charge is 0.306 e. The molecule has 10 radical (unpaired) electrons. The molecule has 2 aliphatic carbocycles. The number of hydrogen-bond acceptors (Lipinski definition) is 1. The number of nitrogens with zero attached hydrogens (tertiary/aromatic N) is 1. The molecular weight excluding hydrogens is 645 g/mol. The maximum absolute atomic E-state index is 2.34. The van der Waals surface area contributed by atoms with E-state index in [4.69, 9.17) is 0 Å². The van der Waals surface area contributed by atoms with Gasteiger partial charge in [-0.1, -0.05) is 128 Å². The second kappa shape index (κ2) is 17.7. The zero-order valence-electron chi connectivity index (χ0n) is 25.1. The average molecular weight is 685 g/mol. The minimum absolute atomic E-state index is 0. The monoisotopic (exact) mass is 685 g/mol. The van der Waals surface area contributed by atoms with Gasteiger partial charge >= 0.3 is 0 Å². The van der Waals surface area contributed by atoms with Crippen molar-refractivity contribution < 1.29 is 19.5 Å². The Morgan fingerprint density at radius 1 is 0.512 bits per heavy atom. The van der Waals surface area contributed by atoms with Gasteiger partial charge in [0, 0.05) is 42.8 Å². The van der Waals surface area contributed by atoms with E-state index >= 15 is 0 Å². The molecule has 2 fully saturated rings. The molecule has 43 heavy (non-hydrogen) atoms. The first-order valence-corrected chi connectivity index (χ1v) is 17.3. The summed E-state index contributed by atoms with van der Waals surface area (Å²) < 4.78 is 0. The van der Waals surface area contributed by atoms with E-state index in [2.05, 4.69) is 192 Å². The quantitative estimate of drug-likeness (QED) is 0.129. The van der Waals surface area contributed by atoms with E-state index < -0.39 is 15.8 Å². The third-order valence-corrected chi connectivity index (χ3v) is 12.4. The fourth-order valence-electron chi connectivity index (χ4n) is 5.47. The van der Waals surface area contributed by atoms with Gasteiger partial charge in [0.25, 0.3) is 0 Å². The second-order valence-corrected chi connectivity index (χ2v) is 14.8. The molecule has 0 N–H and O–H groups in total. The Hall–Kier alpha value is -1.68. The molecule has 1 nitrogen and oxygen atoms in total. The van der Waals surface area contributed by atoms with Crippen LogP contribution in [0.1, 0.15) is 13.3 Å². The summed E-state index contributed by atoms with van der Waals surface area (Å²) in [6.45, 7) is 2.27. The van der Waals surface area contributed by atoms with Crippen molar-refractivity contribution in [3.05, 3.63) is 184 Å². The van der Waals surface area contributed by atoms with Gasteiger partial charge in [0.15, 0.2) is 0 Å². The maximum Gasteiger partial charge on any atom is 0.0211 e. The third-order valence-electron chi connectivity index (χ3n) is 7.40. The summed E-state index contributed by atoms with van der Waals surface area (Å²) in [5.41, 5.74) is 2.91. The van der Waals surface area contributed by atoms with Crippen LogP contribution in [0.5, 0.6) is 0 Å². The number of hydrogen-bond donors (Lipinski definition) is 0. The van der Waals surface area contributed by atoms with Crippen LogP contribution >= 0.6 is 15.8 Å². The number of rotatable bonds is 9. The van der Waals surface area contributed by atoms with Gasteiger partial charge in [0.2, 0.25) is 0 Å². The fraction of sp³-hybridized carbons (Fsp3) is 0.128. The van der Waals surface area contributed by atoms with Crippen LogP contribution in [0.2, 0.25) is 0 Å². The topological polar surface area (TPSA) is 3.24 Å².